The molecule has 6 nitrogen and oxygen atoms in total. The van der Waals surface area contributed by atoms with Gasteiger partial charge in [0.25, 0.3) is 0 Å². The molecular weight excluding hydrogens is 629 g/mol. The minimum atomic E-state index is -0.627. The maximum absolute atomic E-state index is 9.58. The van der Waals surface area contributed by atoms with Crippen LogP contribution in [-0.4, -0.2) is 19.5 Å². The number of hydrogen-bond acceptors (Lipinski definition) is 5. The Labute approximate surface area is 306 Å². The lowest BCUT2D eigenvalue weighted by Crippen LogP contribution is -2.06. The molecule has 0 aliphatic heterocycles. The third-order valence-corrected chi connectivity index (χ3v) is 9.08. The van der Waals surface area contributed by atoms with Crippen LogP contribution in [-0.2, 0) is 0 Å². The van der Waals surface area contributed by atoms with Gasteiger partial charge in [-0.25, -0.2) is 4.98 Å². The summed E-state index contributed by atoms with van der Waals surface area (Å²) in [6, 6.07) is 22.0. The molecule has 0 aliphatic rings. The molecule has 6 heteroatoms. The van der Waals surface area contributed by atoms with E-state index in [9.17, 15) is 4.11 Å². The molecule has 0 amide bonds. The Kier molecular flexibility index (Phi) is 4.04. The molecule has 0 bridgehead atoms. The highest BCUT2D eigenvalue weighted by Gasteiger charge is 2.22. The maximum Gasteiger partial charge on any atom is 0.238 e. The second-order valence-corrected chi connectivity index (χ2v) is 11.9. The SMILES string of the molecule is [2H]c1c([2H])c([2H])c(-c2nc(-c3c([2H])c([2H])c4c(oc5c([2H])c([2H])c([2H])c(-c6ccccc6)c54)c3[2H])nc(-n3c4ccccc4c4c5c(ccc43)oc3ccccc35)n2)c([2H])c1[2H]. The summed E-state index contributed by atoms with van der Waals surface area (Å²) in [5.41, 5.74) is 2.28. The van der Waals surface area contributed by atoms with Gasteiger partial charge in [0.2, 0.25) is 5.95 Å². The highest BCUT2D eigenvalue weighted by Crippen LogP contribution is 2.42. The molecule has 0 saturated heterocycles. The van der Waals surface area contributed by atoms with Crippen molar-refractivity contribution in [2.45, 2.75) is 0 Å². The Bertz CT molecular complexity index is 3760. The highest BCUT2D eigenvalue weighted by atomic mass is 16.3. The van der Waals surface area contributed by atoms with E-state index in [0.29, 0.717) is 27.8 Å². The van der Waals surface area contributed by atoms with Gasteiger partial charge in [0.05, 0.1) is 26.1 Å². The first-order valence-electron chi connectivity index (χ1n) is 21.6. The van der Waals surface area contributed by atoms with Crippen molar-refractivity contribution < 1.29 is 23.9 Å². The third-order valence-electron chi connectivity index (χ3n) is 9.08. The van der Waals surface area contributed by atoms with Crippen LogP contribution in [0.1, 0.15) is 15.1 Å². The van der Waals surface area contributed by atoms with E-state index >= 15 is 0 Å². The largest absolute Gasteiger partial charge is 0.456 e. The Morgan fingerprint density at radius 1 is 0.451 bits per heavy atom. The second-order valence-electron chi connectivity index (χ2n) is 11.9. The molecule has 7 aromatic carbocycles. The predicted octanol–water partition coefficient (Wildman–Crippen LogP) is 11.8. The summed E-state index contributed by atoms with van der Waals surface area (Å²) in [4.78, 5) is 14.3. The molecule has 11 aromatic rings. The third kappa shape index (κ3) is 4.20. The molecule has 4 aromatic heterocycles. The van der Waals surface area contributed by atoms with Crippen molar-refractivity contribution in [3.8, 4) is 39.9 Å². The first-order valence-corrected chi connectivity index (χ1v) is 16.1. The lowest BCUT2D eigenvalue weighted by Gasteiger charge is -2.11. The summed E-state index contributed by atoms with van der Waals surface area (Å²) >= 11 is 0. The van der Waals surface area contributed by atoms with Gasteiger partial charge in [0.1, 0.15) is 22.3 Å². The molecule has 0 saturated carbocycles. The number of para-hydroxylation sites is 2. The van der Waals surface area contributed by atoms with Crippen LogP contribution in [0.3, 0.4) is 0 Å². The number of hydrogen-bond donors (Lipinski definition) is 0. The van der Waals surface area contributed by atoms with E-state index < -0.39 is 60.4 Å². The van der Waals surface area contributed by atoms with Crippen molar-refractivity contribution in [3.63, 3.8) is 0 Å². The summed E-state index contributed by atoms with van der Waals surface area (Å²) < 4.78 is 112. The van der Waals surface area contributed by atoms with Crippen molar-refractivity contribution in [1.29, 1.82) is 0 Å². The van der Waals surface area contributed by atoms with Crippen LogP contribution in [0, 0.1) is 0 Å². The minimum Gasteiger partial charge on any atom is -0.456 e. The van der Waals surface area contributed by atoms with Gasteiger partial charge in [-0.2, -0.15) is 9.97 Å². The van der Waals surface area contributed by atoms with Crippen molar-refractivity contribution in [1.82, 2.24) is 19.5 Å². The summed E-state index contributed by atoms with van der Waals surface area (Å²) in [5.74, 6) is -0.766. The second kappa shape index (κ2) is 10.7. The van der Waals surface area contributed by atoms with Crippen LogP contribution in [0.4, 0.5) is 0 Å². The highest BCUT2D eigenvalue weighted by molar-refractivity contribution is 6.27. The Morgan fingerprint density at radius 3 is 2.10 bits per heavy atom. The molecule has 0 radical (unpaired) electrons. The zero-order chi connectivity index (χ0) is 43.0. The summed E-state index contributed by atoms with van der Waals surface area (Å²) in [7, 11) is 0. The number of rotatable bonds is 4. The van der Waals surface area contributed by atoms with Crippen molar-refractivity contribution in [3.05, 3.63) is 157 Å². The lowest BCUT2D eigenvalue weighted by atomic mass is 9.99. The summed E-state index contributed by atoms with van der Waals surface area (Å²) in [5, 5.41) is 3.42. The smallest absolute Gasteiger partial charge is 0.238 e. The first kappa shape index (κ1) is 19.2. The molecule has 51 heavy (non-hydrogen) atoms. The number of aromatic nitrogens is 4. The quantitative estimate of drug-likeness (QED) is 0.187. The maximum atomic E-state index is 9.58. The fraction of sp³-hybridized carbons (Fsp3) is 0. The molecule has 0 atom stereocenters. The topological polar surface area (TPSA) is 69.9 Å². The van der Waals surface area contributed by atoms with Gasteiger partial charge < -0.3 is 8.83 Å². The van der Waals surface area contributed by atoms with Crippen LogP contribution in [0.15, 0.2) is 166 Å². The number of fused-ring (bicyclic) bond motifs is 10. The standard InChI is InChI=1S/C45H26N4O2/c1-3-12-27(13-4-1)30-18-11-21-37-40(30)33-23-22-29(26-39(33)51-37)44-46-43(28-14-5-2-6-15-28)47-45(48-44)49-34-19-9-7-16-31(34)41-35(49)24-25-38-42(41)32-17-8-10-20-36(32)50-38/h1-26H/i2D,5D,6D,11D,14D,15D,18D,21D,22D,23D,26D. The molecule has 11 rings (SSSR count). The Balaban J connectivity index is 1.27. The first-order chi connectivity index (χ1) is 29.9. The van der Waals surface area contributed by atoms with E-state index in [1.807, 2.05) is 60.7 Å². The number of furan rings is 2. The Morgan fingerprint density at radius 2 is 1.22 bits per heavy atom. The van der Waals surface area contributed by atoms with Crippen molar-refractivity contribution >= 4 is 65.7 Å². The summed E-state index contributed by atoms with van der Waals surface area (Å²) in [6.45, 7) is 0. The van der Waals surface area contributed by atoms with Crippen LogP contribution in [0.5, 0.6) is 0 Å². The molecular formula is C45H26N4O2. The zero-order valence-electron chi connectivity index (χ0n) is 37.3. The van der Waals surface area contributed by atoms with E-state index in [4.69, 9.17) is 29.8 Å². The van der Waals surface area contributed by atoms with Gasteiger partial charge in [-0.15, -0.1) is 0 Å². The molecule has 0 spiro atoms. The monoisotopic (exact) mass is 665 g/mol. The molecule has 0 unspecified atom stereocenters. The van der Waals surface area contributed by atoms with Crippen molar-refractivity contribution in [2.24, 2.45) is 0 Å². The van der Waals surface area contributed by atoms with Gasteiger partial charge >= 0.3 is 0 Å². The number of benzene rings is 7. The lowest BCUT2D eigenvalue weighted by molar-refractivity contribution is 0.669. The summed E-state index contributed by atoms with van der Waals surface area (Å²) in [6.07, 6.45) is 0. The van der Waals surface area contributed by atoms with E-state index in [-0.39, 0.29) is 62.3 Å². The number of nitrogens with zero attached hydrogens (tertiary/aromatic N) is 4. The van der Waals surface area contributed by atoms with Gasteiger partial charge in [-0.3, -0.25) is 4.57 Å². The van der Waals surface area contributed by atoms with Crippen LogP contribution < -0.4 is 0 Å². The molecule has 238 valence electrons. The zero-order valence-corrected chi connectivity index (χ0v) is 26.3. The normalized spacial score (nSPS) is 14.9. The van der Waals surface area contributed by atoms with E-state index in [2.05, 4.69) is 4.98 Å². The van der Waals surface area contributed by atoms with Crippen LogP contribution >= 0.6 is 0 Å². The van der Waals surface area contributed by atoms with E-state index in [1.165, 1.54) is 0 Å². The van der Waals surface area contributed by atoms with Gasteiger partial charge in [-0.1, -0.05) is 115 Å². The molecule has 0 N–H and O–H groups in total. The van der Waals surface area contributed by atoms with Gasteiger partial charge in [0, 0.05) is 43.4 Å². The molecule has 0 fully saturated rings. The minimum absolute atomic E-state index is 0.0153. The molecule has 0 aliphatic carbocycles. The van der Waals surface area contributed by atoms with Crippen molar-refractivity contribution in [2.75, 3.05) is 0 Å². The van der Waals surface area contributed by atoms with Crippen LogP contribution in [0.25, 0.3) is 106 Å². The molecule has 4 heterocycles. The van der Waals surface area contributed by atoms with Crippen LogP contribution in [0.2, 0.25) is 0 Å². The van der Waals surface area contributed by atoms with E-state index in [0.717, 1.165) is 21.5 Å². The van der Waals surface area contributed by atoms with E-state index in [1.54, 1.807) is 34.9 Å². The fourth-order valence-electron chi connectivity index (χ4n) is 6.92. The van der Waals surface area contributed by atoms with Gasteiger partial charge in [0.15, 0.2) is 11.6 Å². The average molecular weight is 666 g/mol. The Hall–Kier alpha value is -7.05. The average Bonchev–Trinajstić information content (AvgIpc) is 3.97. The fourth-order valence-corrected chi connectivity index (χ4v) is 6.92. The predicted molar refractivity (Wildman–Crippen MR) is 205 cm³/mol. The van der Waals surface area contributed by atoms with Gasteiger partial charge in [-0.05, 0) is 53.5 Å².